The third-order valence-corrected chi connectivity index (χ3v) is 3.19. The number of carboxylic acid groups (broad SMARTS) is 1. The summed E-state index contributed by atoms with van der Waals surface area (Å²) in [5, 5.41) is 10.4. The van der Waals surface area contributed by atoms with E-state index >= 15 is 0 Å². The Bertz CT molecular complexity index is 717. The smallest absolute Gasteiger partial charge is 0.441 e. The Balaban J connectivity index is 2.45. The summed E-state index contributed by atoms with van der Waals surface area (Å²) in [5.74, 6) is -3.81. The number of carbonyl (C=O) groups is 2. The summed E-state index contributed by atoms with van der Waals surface area (Å²) in [5.41, 5.74) is 0.0590. The fourth-order valence-electron chi connectivity index (χ4n) is 1.69. The van der Waals surface area contributed by atoms with Gasteiger partial charge in [-0.25, -0.2) is 0 Å². The minimum Gasteiger partial charge on any atom is -0.541 e. The van der Waals surface area contributed by atoms with E-state index < -0.39 is 23.6 Å². The van der Waals surface area contributed by atoms with Crippen LogP contribution in [0.3, 0.4) is 0 Å². The molecule has 2 rings (SSSR count). The molecule has 114 valence electrons. The van der Waals surface area contributed by atoms with Crippen molar-refractivity contribution in [3.05, 3.63) is 64.1 Å². The normalized spacial score (nSPS) is 11.0. The summed E-state index contributed by atoms with van der Waals surface area (Å²) in [4.78, 5) is 22.7. The van der Waals surface area contributed by atoms with Crippen molar-refractivity contribution in [2.75, 3.05) is 0 Å². The van der Waals surface area contributed by atoms with Gasteiger partial charge in [0, 0.05) is 10.0 Å². The molecule has 0 saturated heterocycles. The van der Waals surface area contributed by atoms with Crippen molar-refractivity contribution >= 4 is 27.7 Å². The average Bonchev–Trinajstić information content (AvgIpc) is 2.49. The molecule has 7 heteroatoms. The molecule has 2 aromatic rings. The highest BCUT2D eigenvalue weighted by Crippen LogP contribution is 2.29. The van der Waals surface area contributed by atoms with E-state index in [1.54, 1.807) is 18.2 Å². The summed E-state index contributed by atoms with van der Waals surface area (Å²) in [6.45, 7) is 0. The van der Waals surface area contributed by atoms with Crippen LogP contribution in [-0.2, 0) is 4.79 Å². The summed E-state index contributed by atoms with van der Waals surface area (Å²) in [7, 11) is 0. The molecule has 0 aromatic heterocycles. The van der Waals surface area contributed by atoms with Crippen LogP contribution in [0, 0.1) is 0 Å². The lowest BCUT2D eigenvalue weighted by molar-refractivity contribution is -0.350. The van der Waals surface area contributed by atoms with Crippen molar-refractivity contribution in [2.24, 2.45) is 0 Å². The largest absolute Gasteiger partial charge is 0.541 e. The Morgan fingerprint density at radius 1 is 1.09 bits per heavy atom. The molecule has 0 aliphatic carbocycles. The highest BCUT2D eigenvalue weighted by molar-refractivity contribution is 9.10. The lowest BCUT2D eigenvalue weighted by Crippen LogP contribution is -2.45. The van der Waals surface area contributed by atoms with Gasteiger partial charge in [0.15, 0.2) is 11.8 Å². The Kier molecular flexibility index (Phi) is 4.56. The molecular formula is C15H8BrF2O4-. The SMILES string of the molecule is O=C(c1ccccc1)c1cc(Br)ccc1OC(F)(F)C(=O)[O-]. The van der Waals surface area contributed by atoms with Crippen LogP contribution in [0.25, 0.3) is 0 Å². The molecule has 0 saturated carbocycles. The summed E-state index contributed by atoms with van der Waals surface area (Å²) in [6, 6.07) is 11.6. The van der Waals surface area contributed by atoms with E-state index in [0.29, 0.717) is 4.47 Å². The van der Waals surface area contributed by atoms with Gasteiger partial charge in [0.2, 0.25) is 0 Å². The first-order chi connectivity index (χ1) is 10.3. The van der Waals surface area contributed by atoms with Crippen molar-refractivity contribution in [3.63, 3.8) is 0 Å². The van der Waals surface area contributed by atoms with Crippen LogP contribution in [0.1, 0.15) is 15.9 Å². The van der Waals surface area contributed by atoms with Crippen LogP contribution in [0.4, 0.5) is 8.78 Å². The Hall–Kier alpha value is -2.28. The highest BCUT2D eigenvalue weighted by Gasteiger charge is 2.35. The number of aliphatic carboxylic acids is 1. The zero-order valence-corrected chi connectivity index (χ0v) is 12.5. The quantitative estimate of drug-likeness (QED) is 0.759. The molecule has 0 bridgehead atoms. The lowest BCUT2D eigenvalue weighted by atomic mass is 10.0. The predicted octanol–water partition coefficient (Wildman–Crippen LogP) is 2.40. The van der Waals surface area contributed by atoms with Crippen molar-refractivity contribution in [2.45, 2.75) is 6.11 Å². The minimum atomic E-state index is -4.54. The molecular weight excluding hydrogens is 362 g/mol. The molecule has 0 amide bonds. The van der Waals surface area contributed by atoms with Gasteiger partial charge < -0.3 is 14.6 Å². The second-order valence-electron chi connectivity index (χ2n) is 4.24. The first kappa shape index (κ1) is 16.1. The van der Waals surface area contributed by atoms with E-state index in [1.165, 1.54) is 24.3 Å². The minimum absolute atomic E-state index is 0.193. The fraction of sp³-hybridized carbons (Fsp3) is 0.0667. The number of ether oxygens (including phenoxy) is 1. The summed E-state index contributed by atoms with van der Waals surface area (Å²) < 4.78 is 31.0. The van der Waals surface area contributed by atoms with Crippen LogP contribution < -0.4 is 9.84 Å². The molecule has 0 spiro atoms. The van der Waals surface area contributed by atoms with Gasteiger partial charge in [0.25, 0.3) is 0 Å². The van der Waals surface area contributed by atoms with Gasteiger partial charge in [0.05, 0.1) is 5.56 Å². The van der Waals surface area contributed by atoms with E-state index in [4.69, 9.17) is 0 Å². The van der Waals surface area contributed by atoms with E-state index in [1.807, 2.05) is 0 Å². The van der Waals surface area contributed by atoms with Crippen molar-refractivity contribution in [3.8, 4) is 5.75 Å². The van der Waals surface area contributed by atoms with Gasteiger partial charge in [-0.15, -0.1) is 0 Å². The van der Waals surface area contributed by atoms with Gasteiger partial charge >= 0.3 is 6.11 Å². The van der Waals surface area contributed by atoms with Crippen molar-refractivity contribution < 1.29 is 28.2 Å². The number of alkyl halides is 2. The van der Waals surface area contributed by atoms with Gasteiger partial charge in [-0.3, -0.25) is 4.79 Å². The van der Waals surface area contributed by atoms with Crippen LogP contribution in [0.15, 0.2) is 53.0 Å². The van der Waals surface area contributed by atoms with E-state index in [9.17, 15) is 23.5 Å². The molecule has 0 aliphatic heterocycles. The van der Waals surface area contributed by atoms with Crippen LogP contribution in [0.2, 0.25) is 0 Å². The number of hydrogen-bond donors (Lipinski definition) is 0. The number of halogens is 3. The molecule has 2 aromatic carbocycles. The molecule has 4 nitrogen and oxygen atoms in total. The molecule has 22 heavy (non-hydrogen) atoms. The maximum atomic E-state index is 13.2. The standard InChI is InChI=1S/C15H9BrF2O4/c16-10-6-7-12(22-15(17,18)14(20)21)11(8-10)13(19)9-4-2-1-3-5-9/h1-8H,(H,20,21)/p-1. The highest BCUT2D eigenvalue weighted by atomic mass is 79.9. The number of carboxylic acids is 1. The molecule has 0 N–H and O–H groups in total. The van der Waals surface area contributed by atoms with Crippen LogP contribution >= 0.6 is 15.9 Å². The van der Waals surface area contributed by atoms with Crippen molar-refractivity contribution in [1.29, 1.82) is 0 Å². The molecule has 0 unspecified atom stereocenters. The predicted molar refractivity (Wildman–Crippen MR) is 74.6 cm³/mol. The number of rotatable bonds is 5. The lowest BCUT2D eigenvalue weighted by Gasteiger charge is -2.20. The third-order valence-electron chi connectivity index (χ3n) is 2.70. The first-order valence-corrected chi connectivity index (χ1v) is 6.78. The Labute approximate surface area is 132 Å². The number of carbonyl (C=O) groups excluding carboxylic acids is 2. The average molecular weight is 370 g/mol. The van der Waals surface area contributed by atoms with E-state index in [2.05, 4.69) is 20.7 Å². The van der Waals surface area contributed by atoms with Gasteiger partial charge in [-0.2, -0.15) is 8.78 Å². The number of hydrogen-bond acceptors (Lipinski definition) is 4. The second-order valence-corrected chi connectivity index (χ2v) is 5.16. The Morgan fingerprint density at radius 3 is 2.32 bits per heavy atom. The fourth-order valence-corrected chi connectivity index (χ4v) is 2.05. The van der Waals surface area contributed by atoms with Gasteiger partial charge in [0.1, 0.15) is 5.75 Å². The molecule has 0 aliphatic rings. The molecule has 0 atom stereocenters. The van der Waals surface area contributed by atoms with Gasteiger partial charge in [-0.1, -0.05) is 46.3 Å². The molecule has 0 heterocycles. The van der Waals surface area contributed by atoms with Crippen molar-refractivity contribution in [1.82, 2.24) is 0 Å². The molecule has 0 fully saturated rings. The molecule has 0 radical (unpaired) electrons. The number of ketones is 1. The maximum absolute atomic E-state index is 13.2. The summed E-state index contributed by atoms with van der Waals surface area (Å²) in [6.07, 6.45) is -4.54. The van der Waals surface area contributed by atoms with E-state index in [-0.39, 0.29) is 11.1 Å². The summed E-state index contributed by atoms with van der Waals surface area (Å²) >= 11 is 3.12. The number of benzene rings is 2. The third kappa shape index (κ3) is 3.48. The Morgan fingerprint density at radius 2 is 1.73 bits per heavy atom. The zero-order chi connectivity index (χ0) is 16.3. The topological polar surface area (TPSA) is 66.4 Å². The van der Waals surface area contributed by atoms with E-state index in [0.717, 1.165) is 6.07 Å². The second kappa shape index (κ2) is 6.23. The van der Waals surface area contributed by atoms with Crippen LogP contribution in [0.5, 0.6) is 5.75 Å². The maximum Gasteiger partial charge on any atom is 0.441 e. The van der Waals surface area contributed by atoms with Gasteiger partial charge in [-0.05, 0) is 18.2 Å². The zero-order valence-electron chi connectivity index (χ0n) is 10.9. The van der Waals surface area contributed by atoms with Crippen LogP contribution in [-0.4, -0.2) is 17.9 Å². The first-order valence-electron chi connectivity index (χ1n) is 5.99. The monoisotopic (exact) mass is 369 g/mol.